The molecule has 0 aliphatic carbocycles. The molecule has 56 heavy (non-hydrogen) atoms. The summed E-state index contributed by atoms with van der Waals surface area (Å²) < 4.78 is 88.9. The minimum atomic E-state index is -2.97. The number of fused-ring (bicyclic) bond motifs is 6. The standard InChI is InChI=1S/C53H36N2S/c1-2-50-54-46-25-9-10-26-47(46)55(50)39-20-13-18-36(32-39)35-17-12-19-38(31-35)51-40-21-6-7-22-41(40)52(45-33-37(29-30-42(45)51)34-15-4-3-5-16-34)44-24-14-28-49-53(44)43-23-8-11-27-48(43)56-49/h3-33H,2H2,1H3/i1D3,2D2,3D,4D,5D,15D,16D. The molecule has 2 nitrogen and oxygen atoms in total. The van der Waals surface area contributed by atoms with Crippen molar-refractivity contribution in [1.29, 1.82) is 0 Å². The first-order valence-electron chi connectivity index (χ1n) is 23.4. The highest BCUT2D eigenvalue weighted by molar-refractivity contribution is 7.26. The predicted octanol–water partition coefficient (Wildman–Crippen LogP) is 14.9. The number of benzene rings is 9. The molecule has 0 radical (unpaired) electrons. The number of hydrogen-bond acceptors (Lipinski definition) is 2. The molecule has 0 atom stereocenters. The third-order valence-corrected chi connectivity index (χ3v) is 11.9. The van der Waals surface area contributed by atoms with Crippen LogP contribution in [0.2, 0.25) is 0 Å². The summed E-state index contributed by atoms with van der Waals surface area (Å²) in [6, 6.07) is 50.0. The lowest BCUT2D eigenvalue weighted by atomic mass is 9.83. The molecule has 2 aromatic heterocycles. The van der Waals surface area contributed by atoms with E-state index in [1.807, 2.05) is 78.9 Å². The van der Waals surface area contributed by atoms with Crippen molar-refractivity contribution in [3.05, 3.63) is 194 Å². The fourth-order valence-corrected chi connectivity index (χ4v) is 9.49. The molecule has 0 aliphatic rings. The van der Waals surface area contributed by atoms with Crippen LogP contribution in [0.1, 0.15) is 26.4 Å². The highest BCUT2D eigenvalue weighted by atomic mass is 32.1. The molecule has 0 spiro atoms. The predicted molar refractivity (Wildman–Crippen MR) is 240 cm³/mol. The summed E-state index contributed by atoms with van der Waals surface area (Å²) in [4.78, 5) is 4.53. The van der Waals surface area contributed by atoms with Crippen molar-refractivity contribution in [3.8, 4) is 50.2 Å². The number of rotatable bonds is 6. The van der Waals surface area contributed by atoms with Crippen molar-refractivity contribution in [2.24, 2.45) is 0 Å². The summed E-state index contributed by atoms with van der Waals surface area (Å²) in [5, 5.41) is 6.00. The maximum atomic E-state index is 8.94. The van der Waals surface area contributed by atoms with E-state index in [4.69, 9.17) is 13.7 Å². The Hall–Kier alpha value is -6.81. The van der Waals surface area contributed by atoms with Crippen LogP contribution in [0.4, 0.5) is 0 Å². The lowest BCUT2D eigenvalue weighted by Crippen LogP contribution is -2.00. The smallest absolute Gasteiger partial charge is 0.114 e. The molecule has 0 fully saturated rings. The van der Waals surface area contributed by atoms with Gasteiger partial charge in [-0.1, -0.05) is 146 Å². The van der Waals surface area contributed by atoms with Crippen LogP contribution in [0, 0.1) is 0 Å². The van der Waals surface area contributed by atoms with Crippen LogP contribution in [0.25, 0.3) is 103 Å². The number of aromatic nitrogens is 2. The molecule has 0 amide bonds. The van der Waals surface area contributed by atoms with Crippen LogP contribution in [0.5, 0.6) is 0 Å². The van der Waals surface area contributed by atoms with Gasteiger partial charge in [-0.2, -0.15) is 0 Å². The zero-order chi connectivity index (χ0) is 45.8. The van der Waals surface area contributed by atoms with Gasteiger partial charge >= 0.3 is 0 Å². The van der Waals surface area contributed by atoms with Crippen LogP contribution in [0.3, 0.4) is 0 Å². The molecule has 2 heterocycles. The van der Waals surface area contributed by atoms with Gasteiger partial charge in [-0.15, -0.1) is 11.3 Å². The first-order chi connectivity index (χ1) is 31.7. The molecule has 11 rings (SSSR count). The Balaban J connectivity index is 1.17. The molecule has 11 aromatic rings. The number of thiophene rings is 1. The summed E-state index contributed by atoms with van der Waals surface area (Å²) >= 11 is 1.73. The van der Waals surface area contributed by atoms with Crippen molar-refractivity contribution < 1.29 is 13.7 Å². The summed E-state index contributed by atoms with van der Waals surface area (Å²) in [6.45, 7) is -2.97. The van der Waals surface area contributed by atoms with Crippen molar-refractivity contribution in [2.75, 3.05) is 0 Å². The second-order valence-corrected chi connectivity index (χ2v) is 14.9. The molecule has 264 valence electrons. The number of para-hydroxylation sites is 2. The summed E-state index contributed by atoms with van der Waals surface area (Å²) in [5.74, 6) is -0.207. The van der Waals surface area contributed by atoms with E-state index in [2.05, 4.69) is 65.6 Å². The zero-order valence-electron chi connectivity index (χ0n) is 39.8. The van der Waals surface area contributed by atoms with E-state index in [0.29, 0.717) is 22.3 Å². The third-order valence-electron chi connectivity index (χ3n) is 10.7. The average molecular weight is 743 g/mol. The molecular weight excluding hydrogens is 697 g/mol. The maximum absolute atomic E-state index is 8.94. The Labute approximate surface area is 343 Å². The second kappa shape index (κ2) is 13.2. The molecular formula is C53H36N2S. The van der Waals surface area contributed by atoms with E-state index >= 15 is 0 Å². The molecule has 0 N–H and O–H groups in total. The van der Waals surface area contributed by atoms with Crippen LogP contribution >= 0.6 is 11.3 Å². The molecule has 9 aromatic carbocycles. The van der Waals surface area contributed by atoms with E-state index < -0.39 is 31.4 Å². The van der Waals surface area contributed by atoms with Gasteiger partial charge in [0.1, 0.15) is 5.82 Å². The van der Waals surface area contributed by atoms with Gasteiger partial charge in [0.05, 0.1) is 17.9 Å². The third kappa shape index (κ3) is 5.20. The molecule has 0 saturated carbocycles. The highest BCUT2D eigenvalue weighted by Crippen LogP contribution is 2.49. The van der Waals surface area contributed by atoms with Crippen molar-refractivity contribution >= 4 is 64.1 Å². The molecule has 0 aliphatic heterocycles. The van der Waals surface area contributed by atoms with Gasteiger partial charge in [0.2, 0.25) is 0 Å². The van der Waals surface area contributed by atoms with Gasteiger partial charge in [0.15, 0.2) is 0 Å². The van der Waals surface area contributed by atoms with Gasteiger partial charge in [0.25, 0.3) is 0 Å². The number of hydrogen-bond donors (Lipinski definition) is 0. The van der Waals surface area contributed by atoms with Gasteiger partial charge in [-0.05, 0) is 115 Å². The lowest BCUT2D eigenvalue weighted by Gasteiger charge is -2.20. The van der Waals surface area contributed by atoms with Gasteiger partial charge in [-0.25, -0.2) is 4.98 Å². The van der Waals surface area contributed by atoms with E-state index in [1.165, 1.54) is 4.70 Å². The number of aryl methyl sites for hydroxylation is 1. The lowest BCUT2D eigenvalue weighted by molar-refractivity contribution is 0.908. The van der Waals surface area contributed by atoms with E-state index in [9.17, 15) is 0 Å². The van der Waals surface area contributed by atoms with E-state index in [1.54, 1.807) is 34.1 Å². The van der Waals surface area contributed by atoms with Crippen LogP contribution in [-0.2, 0) is 6.37 Å². The number of imidazole rings is 1. The highest BCUT2D eigenvalue weighted by Gasteiger charge is 2.21. The Kier molecular flexibility index (Phi) is 5.62. The topological polar surface area (TPSA) is 17.8 Å². The quantitative estimate of drug-likeness (QED) is 0.155. The maximum Gasteiger partial charge on any atom is 0.114 e. The molecule has 0 unspecified atom stereocenters. The monoisotopic (exact) mass is 742 g/mol. The van der Waals surface area contributed by atoms with Crippen molar-refractivity contribution in [3.63, 3.8) is 0 Å². The Bertz CT molecular complexity index is 3780. The fraction of sp³-hybridized carbons (Fsp3) is 0.0377. The molecule has 3 heteroatoms. The van der Waals surface area contributed by atoms with Gasteiger partial charge in [0, 0.05) is 39.1 Å². The van der Waals surface area contributed by atoms with Crippen LogP contribution < -0.4 is 0 Å². The zero-order valence-corrected chi connectivity index (χ0v) is 30.6. The normalized spacial score (nSPS) is 14.8. The first kappa shape index (κ1) is 23.9. The fourth-order valence-electron chi connectivity index (χ4n) is 8.36. The van der Waals surface area contributed by atoms with Crippen LogP contribution in [-0.4, -0.2) is 9.55 Å². The molecule has 0 saturated heterocycles. The van der Waals surface area contributed by atoms with E-state index in [0.717, 1.165) is 70.4 Å². The van der Waals surface area contributed by atoms with Crippen LogP contribution in [0.15, 0.2) is 188 Å². The Morgan fingerprint density at radius 1 is 0.554 bits per heavy atom. The second-order valence-electron chi connectivity index (χ2n) is 13.8. The van der Waals surface area contributed by atoms with E-state index in [-0.39, 0.29) is 23.5 Å². The van der Waals surface area contributed by atoms with Crippen molar-refractivity contribution in [1.82, 2.24) is 9.55 Å². The summed E-state index contributed by atoms with van der Waals surface area (Å²) in [5.41, 5.74) is 7.79. The summed E-state index contributed by atoms with van der Waals surface area (Å²) in [6.07, 6.45) is -2.75. The molecule has 0 bridgehead atoms. The van der Waals surface area contributed by atoms with Gasteiger partial charge in [-0.3, -0.25) is 4.57 Å². The largest absolute Gasteiger partial charge is 0.296 e. The minimum absolute atomic E-state index is 0.130. The summed E-state index contributed by atoms with van der Waals surface area (Å²) in [7, 11) is 0. The van der Waals surface area contributed by atoms with Gasteiger partial charge < -0.3 is 0 Å². The van der Waals surface area contributed by atoms with Crippen molar-refractivity contribution in [2.45, 2.75) is 13.2 Å². The SMILES string of the molecule is [2H]c1c([2H])c([2H])c(-c2ccc3c(-c4cccc(-c5cccc(-n6c(C([2H])([2H])C([2H])([2H])[2H])nc7ccccc76)c5)c4)c4ccccc4c(-c4cccc5sc6ccccc6c45)c3c2)c([2H])c1[2H]. The minimum Gasteiger partial charge on any atom is -0.296 e. The first-order valence-corrected chi connectivity index (χ1v) is 19.2. The Morgan fingerprint density at radius 3 is 2.11 bits per heavy atom. The Morgan fingerprint density at radius 2 is 1.23 bits per heavy atom. The number of nitrogens with zero attached hydrogens (tertiary/aromatic N) is 2. The average Bonchev–Trinajstić information content (AvgIpc) is 3.92.